The topological polar surface area (TPSA) is 93.7 Å². The van der Waals surface area contributed by atoms with Crippen molar-refractivity contribution in [2.24, 2.45) is 4.99 Å². The van der Waals surface area contributed by atoms with E-state index in [0.717, 1.165) is 21.5 Å². The number of halogens is 6. The number of allylic oxidation sites excluding steroid dienone is 1. The van der Waals surface area contributed by atoms with E-state index in [0.29, 0.717) is 30.5 Å². The highest BCUT2D eigenvalue weighted by molar-refractivity contribution is 14.1. The zero-order chi connectivity index (χ0) is 32.5. The molecule has 1 aromatic heterocycles. The maximum atomic E-state index is 14.4. The number of esters is 1. The number of alkyl halides is 3. The van der Waals surface area contributed by atoms with Gasteiger partial charge in [-0.1, -0.05) is 58.8 Å². The number of nitrogens with zero attached hydrogens (tertiary/aromatic N) is 3. The van der Waals surface area contributed by atoms with Gasteiger partial charge in [0.15, 0.2) is 10.5 Å². The lowest BCUT2D eigenvalue weighted by Crippen LogP contribution is -2.41. The van der Waals surface area contributed by atoms with Crippen LogP contribution in [0.2, 0.25) is 10.0 Å². The monoisotopic (exact) mass is 783 g/mol. The molecule has 3 aromatic carbocycles. The van der Waals surface area contributed by atoms with E-state index in [1.165, 1.54) is 37.3 Å². The van der Waals surface area contributed by atoms with Gasteiger partial charge in [-0.2, -0.15) is 18.4 Å². The van der Waals surface area contributed by atoms with Crippen LogP contribution in [-0.2, 0) is 16.1 Å². The van der Waals surface area contributed by atoms with Crippen LogP contribution in [0, 0.1) is 14.9 Å². The molecule has 4 aromatic rings. The van der Waals surface area contributed by atoms with Gasteiger partial charge in [0.2, 0.25) is 0 Å². The van der Waals surface area contributed by atoms with Gasteiger partial charge in [0.1, 0.15) is 12.4 Å². The lowest BCUT2D eigenvalue weighted by Gasteiger charge is -2.26. The Balaban J connectivity index is 1.69. The molecule has 0 fully saturated rings. The van der Waals surface area contributed by atoms with E-state index in [9.17, 15) is 22.8 Å². The summed E-state index contributed by atoms with van der Waals surface area (Å²) in [6, 6.07) is 16.4. The third kappa shape index (κ3) is 6.96. The highest BCUT2D eigenvalue weighted by Gasteiger charge is 2.45. The number of hydrogen-bond acceptors (Lipinski definition) is 7. The Morgan fingerprint density at radius 2 is 1.82 bits per heavy atom. The molecular weight excluding hydrogens is 765 g/mol. The number of fused-ring (bicyclic) bond motifs is 1. The van der Waals surface area contributed by atoms with Crippen LogP contribution in [0.25, 0.3) is 6.08 Å². The molecule has 0 saturated carbocycles. The van der Waals surface area contributed by atoms with Crippen LogP contribution in [0.4, 0.5) is 13.2 Å². The largest absolute Gasteiger partial charge is 0.487 e. The summed E-state index contributed by atoms with van der Waals surface area (Å²) in [5.41, 5.74) is -1.07. The Morgan fingerprint density at radius 3 is 2.44 bits per heavy atom. The first-order valence-electron chi connectivity index (χ1n) is 13.1. The maximum absolute atomic E-state index is 14.4. The average molecular weight is 784 g/mol. The molecule has 45 heavy (non-hydrogen) atoms. The van der Waals surface area contributed by atoms with Crippen molar-refractivity contribution in [3.8, 4) is 11.8 Å². The molecule has 0 spiro atoms. The summed E-state index contributed by atoms with van der Waals surface area (Å²) in [5, 5.41) is 9.71. The van der Waals surface area contributed by atoms with Gasteiger partial charge in [-0.05, 0) is 83.1 Å². The molecule has 0 amide bonds. The lowest BCUT2D eigenvalue weighted by molar-refractivity contribution is -0.140. The fourth-order valence-electron chi connectivity index (χ4n) is 4.61. The third-order valence-corrected chi connectivity index (χ3v) is 8.83. The summed E-state index contributed by atoms with van der Waals surface area (Å²) >= 11 is 15.1. The summed E-state index contributed by atoms with van der Waals surface area (Å²) in [6.07, 6.45) is -3.57. The zero-order valence-corrected chi connectivity index (χ0v) is 27.5. The molecule has 0 radical (unpaired) electrons. The van der Waals surface area contributed by atoms with Crippen molar-refractivity contribution in [1.82, 2.24) is 4.57 Å². The number of thiazole rings is 1. The van der Waals surface area contributed by atoms with Gasteiger partial charge < -0.3 is 9.47 Å². The number of hydrogen-bond donors (Lipinski definition) is 0. The van der Waals surface area contributed by atoms with E-state index in [1.807, 2.05) is 22.6 Å². The van der Waals surface area contributed by atoms with Crippen molar-refractivity contribution in [2.75, 3.05) is 6.61 Å². The van der Waals surface area contributed by atoms with Gasteiger partial charge in [-0.15, -0.1) is 0 Å². The van der Waals surface area contributed by atoms with Crippen LogP contribution in [0.3, 0.4) is 0 Å². The molecule has 1 aliphatic heterocycles. The number of carbonyl (C=O) groups excluding carboxylic acids is 1. The first-order chi connectivity index (χ1) is 21.4. The summed E-state index contributed by atoms with van der Waals surface area (Å²) in [7, 11) is 0. The Hall–Kier alpha value is -3.64. The van der Waals surface area contributed by atoms with Crippen molar-refractivity contribution in [3.05, 3.63) is 127 Å². The third-order valence-electron chi connectivity index (χ3n) is 6.57. The van der Waals surface area contributed by atoms with Crippen LogP contribution >= 0.6 is 57.1 Å². The van der Waals surface area contributed by atoms with E-state index in [-0.39, 0.29) is 28.1 Å². The molecule has 5 rings (SSSR count). The van der Waals surface area contributed by atoms with Gasteiger partial charge in [0.25, 0.3) is 5.56 Å². The molecular formula is C31H19Cl2F3IN3O4S. The number of benzene rings is 3. The van der Waals surface area contributed by atoms with E-state index >= 15 is 0 Å². The van der Waals surface area contributed by atoms with E-state index < -0.39 is 35.0 Å². The van der Waals surface area contributed by atoms with E-state index in [1.54, 1.807) is 36.4 Å². The Labute approximate surface area is 281 Å². The molecule has 0 bridgehead atoms. The van der Waals surface area contributed by atoms with Crippen molar-refractivity contribution < 1.29 is 27.4 Å². The van der Waals surface area contributed by atoms with Gasteiger partial charge >= 0.3 is 12.1 Å². The number of ether oxygens (including phenoxy) is 2. The SMILES string of the molecule is CCOC(=O)C1=C(C(F)(F)F)N=c2s/c(=C\c3cc(Cl)cc(I)c3OCc3ccc(C#N)cc3)c(=O)n2[C@H]1c1ccc(Cl)cc1. The number of nitriles is 1. The molecule has 0 unspecified atom stereocenters. The lowest BCUT2D eigenvalue weighted by atomic mass is 9.95. The maximum Gasteiger partial charge on any atom is 0.434 e. The van der Waals surface area contributed by atoms with Crippen LogP contribution in [-0.4, -0.2) is 23.3 Å². The Kier molecular flexibility index (Phi) is 9.74. The predicted octanol–water partition coefficient (Wildman–Crippen LogP) is 6.70. The Morgan fingerprint density at radius 1 is 1.13 bits per heavy atom. The second-order valence-corrected chi connectivity index (χ2v) is 12.6. The van der Waals surface area contributed by atoms with Crippen molar-refractivity contribution in [1.29, 1.82) is 5.26 Å². The van der Waals surface area contributed by atoms with Crippen molar-refractivity contribution in [2.45, 2.75) is 25.7 Å². The number of aromatic nitrogens is 1. The van der Waals surface area contributed by atoms with Crippen LogP contribution in [0.15, 0.2) is 81.7 Å². The highest BCUT2D eigenvalue weighted by atomic mass is 127. The summed E-state index contributed by atoms with van der Waals surface area (Å²) in [6.45, 7) is 1.40. The minimum absolute atomic E-state index is 0.0284. The first-order valence-corrected chi connectivity index (χ1v) is 15.7. The first kappa shape index (κ1) is 32.7. The normalized spacial score (nSPS) is 14.9. The fourth-order valence-corrected chi connectivity index (χ4v) is 6.94. The molecule has 1 atom stereocenters. The quantitative estimate of drug-likeness (QED) is 0.154. The minimum Gasteiger partial charge on any atom is -0.487 e. The molecule has 0 aliphatic carbocycles. The molecule has 0 N–H and O–H groups in total. The van der Waals surface area contributed by atoms with Gasteiger partial charge in [-0.25, -0.2) is 9.79 Å². The molecule has 7 nitrogen and oxygen atoms in total. The molecule has 230 valence electrons. The molecule has 0 saturated heterocycles. The van der Waals surface area contributed by atoms with E-state index in [4.69, 9.17) is 37.9 Å². The van der Waals surface area contributed by atoms with E-state index in [2.05, 4.69) is 11.1 Å². The highest BCUT2D eigenvalue weighted by Crippen LogP contribution is 2.38. The predicted molar refractivity (Wildman–Crippen MR) is 172 cm³/mol. The smallest absolute Gasteiger partial charge is 0.434 e. The van der Waals surface area contributed by atoms with Crippen LogP contribution in [0.5, 0.6) is 5.75 Å². The van der Waals surface area contributed by atoms with Gasteiger partial charge in [-0.3, -0.25) is 9.36 Å². The van der Waals surface area contributed by atoms with Gasteiger partial charge in [0, 0.05) is 15.6 Å². The van der Waals surface area contributed by atoms with Crippen molar-refractivity contribution in [3.63, 3.8) is 0 Å². The Bertz CT molecular complexity index is 2050. The number of rotatable bonds is 7. The zero-order valence-electron chi connectivity index (χ0n) is 23.0. The summed E-state index contributed by atoms with van der Waals surface area (Å²) in [5.74, 6) is -0.863. The van der Waals surface area contributed by atoms with Gasteiger partial charge in [0.05, 0.1) is 38.0 Å². The molecule has 14 heteroatoms. The second kappa shape index (κ2) is 13.4. The summed E-state index contributed by atoms with van der Waals surface area (Å²) in [4.78, 5) is 30.5. The van der Waals surface area contributed by atoms with Crippen molar-refractivity contribution >= 4 is 69.2 Å². The van der Waals surface area contributed by atoms with Crippen LogP contribution in [0.1, 0.15) is 35.2 Å². The standard InChI is InChI=1S/C31H19Cl2F3IN3O4S/c1-2-43-29(42)24-25(18-7-9-20(32)10-8-18)40-28(41)23(45-30(40)39-27(24)31(34,35)36)12-19-11-21(33)13-22(37)26(19)44-15-17-5-3-16(14-38)4-6-17/h3-13,25H,2,15H2,1H3/b23-12-/t25-/m0/s1. The summed E-state index contributed by atoms with van der Waals surface area (Å²) < 4.78 is 56.0. The average Bonchev–Trinajstić information content (AvgIpc) is 3.30. The molecule has 1 aliphatic rings. The fraction of sp³-hybridized carbons (Fsp3) is 0.161. The number of carbonyl (C=O) groups is 1. The minimum atomic E-state index is -5.03. The molecule has 2 heterocycles. The second-order valence-electron chi connectivity index (χ2n) is 9.52. The van der Waals surface area contributed by atoms with Crippen LogP contribution < -0.4 is 19.6 Å².